The molecule has 1 aliphatic heterocycles. The Morgan fingerprint density at radius 1 is 1.46 bits per heavy atom. The van der Waals surface area contributed by atoms with Gasteiger partial charge in [-0.1, -0.05) is 17.7 Å². The van der Waals surface area contributed by atoms with Crippen molar-refractivity contribution in [2.75, 3.05) is 6.54 Å². The molecule has 0 spiro atoms. The van der Waals surface area contributed by atoms with Crippen molar-refractivity contribution in [3.05, 3.63) is 34.6 Å². The van der Waals surface area contributed by atoms with Gasteiger partial charge in [-0.25, -0.2) is 4.39 Å². The lowest BCUT2D eigenvalue weighted by Gasteiger charge is -2.11. The molecule has 2 rings (SSSR count). The Kier molecular flexibility index (Phi) is 2.51. The van der Waals surface area contributed by atoms with E-state index in [2.05, 4.69) is 5.32 Å². The molecule has 1 heterocycles. The zero-order valence-corrected chi connectivity index (χ0v) is 7.94. The van der Waals surface area contributed by atoms with Gasteiger partial charge in [-0.15, -0.1) is 0 Å². The van der Waals surface area contributed by atoms with E-state index in [0.717, 1.165) is 24.9 Å². The zero-order chi connectivity index (χ0) is 9.26. The van der Waals surface area contributed by atoms with Crippen molar-refractivity contribution in [3.8, 4) is 0 Å². The molecule has 0 saturated carbocycles. The van der Waals surface area contributed by atoms with Gasteiger partial charge in [0.25, 0.3) is 0 Å². The van der Waals surface area contributed by atoms with Crippen LogP contribution in [0.2, 0.25) is 5.02 Å². The lowest BCUT2D eigenvalue weighted by molar-refractivity contribution is 0.559. The molecule has 70 valence electrons. The SMILES string of the molecule is Fc1cc(Cl)ccc1C1CCCN1. The summed E-state index contributed by atoms with van der Waals surface area (Å²) in [6.45, 7) is 0.979. The van der Waals surface area contributed by atoms with Gasteiger partial charge >= 0.3 is 0 Å². The molecule has 0 radical (unpaired) electrons. The van der Waals surface area contributed by atoms with Crippen LogP contribution >= 0.6 is 11.6 Å². The van der Waals surface area contributed by atoms with Crippen LogP contribution < -0.4 is 5.32 Å². The fraction of sp³-hybridized carbons (Fsp3) is 0.400. The number of rotatable bonds is 1. The first-order valence-electron chi connectivity index (χ1n) is 4.46. The highest BCUT2D eigenvalue weighted by atomic mass is 35.5. The first-order valence-corrected chi connectivity index (χ1v) is 4.83. The molecule has 0 bridgehead atoms. The maximum absolute atomic E-state index is 13.4. The van der Waals surface area contributed by atoms with Crippen molar-refractivity contribution in [1.82, 2.24) is 5.32 Å². The molecule has 1 unspecified atom stereocenters. The highest BCUT2D eigenvalue weighted by molar-refractivity contribution is 6.30. The van der Waals surface area contributed by atoms with E-state index in [1.54, 1.807) is 12.1 Å². The Morgan fingerprint density at radius 3 is 2.92 bits per heavy atom. The molecule has 1 fully saturated rings. The Balaban J connectivity index is 2.29. The first-order chi connectivity index (χ1) is 6.27. The second-order valence-corrected chi connectivity index (χ2v) is 3.75. The van der Waals surface area contributed by atoms with E-state index in [1.165, 1.54) is 6.07 Å². The van der Waals surface area contributed by atoms with E-state index in [4.69, 9.17) is 11.6 Å². The lowest BCUT2D eigenvalue weighted by atomic mass is 10.1. The van der Waals surface area contributed by atoms with Crippen LogP contribution in [0.25, 0.3) is 0 Å². The molecular weight excluding hydrogens is 189 g/mol. The van der Waals surface area contributed by atoms with Gasteiger partial charge in [-0.3, -0.25) is 0 Å². The third-order valence-corrected chi connectivity index (χ3v) is 2.63. The molecule has 13 heavy (non-hydrogen) atoms. The predicted octanol–water partition coefficient (Wildman–Crippen LogP) is 2.90. The normalized spacial score (nSPS) is 22.2. The second kappa shape index (κ2) is 3.64. The van der Waals surface area contributed by atoms with Crippen molar-refractivity contribution in [3.63, 3.8) is 0 Å². The quantitative estimate of drug-likeness (QED) is 0.734. The lowest BCUT2D eigenvalue weighted by Crippen LogP contribution is -2.14. The van der Waals surface area contributed by atoms with Gasteiger partial charge in [-0.05, 0) is 31.5 Å². The maximum atomic E-state index is 13.4. The Morgan fingerprint density at radius 2 is 2.31 bits per heavy atom. The molecule has 3 heteroatoms. The Bertz CT molecular complexity index is 308. The molecular formula is C10H11ClFN. The summed E-state index contributed by atoms with van der Waals surface area (Å²) < 4.78 is 13.4. The van der Waals surface area contributed by atoms with E-state index in [9.17, 15) is 4.39 Å². The average Bonchev–Trinajstić information content (AvgIpc) is 2.56. The fourth-order valence-electron chi connectivity index (χ4n) is 1.73. The van der Waals surface area contributed by atoms with Crippen LogP contribution in [0.4, 0.5) is 4.39 Å². The average molecular weight is 200 g/mol. The Labute approximate surface area is 81.9 Å². The van der Waals surface area contributed by atoms with E-state index in [1.807, 2.05) is 0 Å². The third-order valence-electron chi connectivity index (χ3n) is 2.40. The zero-order valence-electron chi connectivity index (χ0n) is 7.19. The highest BCUT2D eigenvalue weighted by Crippen LogP contribution is 2.26. The highest BCUT2D eigenvalue weighted by Gasteiger charge is 2.19. The van der Waals surface area contributed by atoms with E-state index in [-0.39, 0.29) is 11.9 Å². The van der Waals surface area contributed by atoms with Crippen molar-refractivity contribution >= 4 is 11.6 Å². The standard InChI is InChI=1S/C10H11ClFN/c11-7-3-4-8(9(12)6-7)10-2-1-5-13-10/h3-4,6,10,13H,1-2,5H2. The Hall–Kier alpha value is -0.600. The van der Waals surface area contributed by atoms with Crippen LogP contribution in [0.3, 0.4) is 0 Å². The topological polar surface area (TPSA) is 12.0 Å². The minimum Gasteiger partial charge on any atom is -0.310 e. The first kappa shape index (κ1) is 8.97. The summed E-state index contributed by atoms with van der Waals surface area (Å²) >= 11 is 5.66. The number of benzene rings is 1. The van der Waals surface area contributed by atoms with E-state index < -0.39 is 0 Å². The fourth-order valence-corrected chi connectivity index (χ4v) is 1.89. The molecule has 1 aliphatic rings. The summed E-state index contributed by atoms with van der Waals surface area (Å²) in [6, 6.07) is 5.05. The molecule has 0 aromatic heterocycles. The summed E-state index contributed by atoms with van der Waals surface area (Å²) in [4.78, 5) is 0. The number of hydrogen-bond acceptors (Lipinski definition) is 1. The van der Waals surface area contributed by atoms with Gasteiger partial charge in [0, 0.05) is 16.6 Å². The second-order valence-electron chi connectivity index (χ2n) is 3.31. The third kappa shape index (κ3) is 1.84. The van der Waals surface area contributed by atoms with Crippen LogP contribution in [0, 0.1) is 5.82 Å². The molecule has 1 N–H and O–H groups in total. The number of nitrogens with one attached hydrogen (secondary N) is 1. The monoisotopic (exact) mass is 199 g/mol. The molecule has 1 aromatic rings. The molecule has 1 aromatic carbocycles. The van der Waals surface area contributed by atoms with Crippen LogP contribution in [0.1, 0.15) is 24.4 Å². The van der Waals surface area contributed by atoms with E-state index in [0.29, 0.717) is 5.02 Å². The summed E-state index contributed by atoms with van der Waals surface area (Å²) in [5.74, 6) is -0.202. The van der Waals surface area contributed by atoms with Gasteiger partial charge in [0.15, 0.2) is 0 Å². The van der Waals surface area contributed by atoms with E-state index >= 15 is 0 Å². The molecule has 0 aliphatic carbocycles. The van der Waals surface area contributed by atoms with Crippen LogP contribution in [0.15, 0.2) is 18.2 Å². The molecule has 1 nitrogen and oxygen atoms in total. The summed E-state index contributed by atoms with van der Waals surface area (Å²) in [5, 5.41) is 3.71. The number of halogens is 2. The van der Waals surface area contributed by atoms with Crippen molar-refractivity contribution in [1.29, 1.82) is 0 Å². The van der Waals surface area contributed by atoms with Gasteiger partial charge in [0.05, 0.1) is 0 Å². The molecule has 1 saturated heterocycles. The van der Waals surface area contributed by atoms with Gasteiger partial charge in [0.1, 0.15) is 5.82 Å². The van der Waals surface area contributed by atoms with Crippen LogP contribution in [0.5, 0.6) is 0 Å². The van der Waals surface area contributed by atoms with Crippen LogP contribution in [-0.4, -0.2) is 6.54 Å². The van der Waals surface area contributed by atoms with Gasteiger partial charge in [0.2, 0.25) is 0 Å². The maximum Gasteiger partial charge on any atom is 0.129 e. The largest absolute Gasteiger partial charge is 0.310 e. The molecule has 1 atom stereocenters. The van der Waals surface area contributed by atoms with Gasteiger partial charge in [-0.2, -0.15) is 0 Å². The predicted molar refractivity (Wildman–Crippen MR) is 51.4 cm³/mol. The minimum absolute atomic E-state index is 0.178. The van der Waals surface area contributed by atoms with Crippen molar-refractivity contribution < 1.29 is 4.39 Å². The summed E-state index contributed by atoms with van der Waals surface area (Å²) in [5.41, 5.74) is 0.738. The summed E-state index contributed by atoms with van der Waals surface area (Å²) in [7, 11) is 0. The van der Waals surface area contributed by atoms with Crippen molar-refractivity contribution in [2.24, 2.45) is 0 Å². The molecule has 0 amide bonds. The minimum atomic E-state index is -0.202. The smallest absolute Gasteiger partial charge is 0.129 e. The summed E-state index contributed by atoms with van der Waals surface area (Å²) in [6.07, 6.45) is 2.13. The number of hydrogen-bond donors (Lipinski definition) is 1. The van der Waals surface area contributed by atoms with Crippen molar-refractivity contribution in [2.45, 2.75) is 18.9 Å². The van der Waals surface area contributed by atoms with Crippen LogP contribution in [-0.2, 0) is 0 Å². The van der Waals surface area contributed by atoms with Gasteiger partial charge < -0.3 is 5.32 Å².